The molecule has 2 aromatic rings. The summed E-state index contributed by atoms with van der Waals surface area (Å²) in [6.07, 6.45) is 0.427. The molecule has 0 saturated carbocycles. The lowest BCUT2D eigenvalue weighted by Gasteiger charge is -2.10. The van der Waals surface area contributed by atoms with Crippen molar-refractivity contribution < 1.29 is 9.53 Å². The van der Waals surface area contributed by atoms with Crippen molar-refractivity contribution in [3.05, 3.63) is 58.1 Å². The predicted octanol–water partition coefficient (Wildman–Crippen LogP) is 5.38. The standard InChI is InChI=1S/C15H12Cl2O2/c1-2-14(18)13-5-3-4-6-15(13)19-12-8-10(16)7-11(17)9-12/h3-9H,2H2,1H3. The van der Waals surface area contributed by atoms with Gasteiger partial charge in [0.1, 0.15) is 11.5 Å². The highest BCUT2D eigenvalue weighted by molar-refractivity contribution is 6.34. The summed E-state index contributed by atoms with van der Waals surface area (Å²) in [4.78, 5) is 11.8. The molecule has 19 heavy (non-hydrogen) atoms. The molecule has 0 aliphatic rings. The minimum atomic E-state index is 0.0312. The van der Waals surface area contributed by atoms with E-state index in [0.717, 1.165) is 0 Å². The Morgan fingerprint density at radius 1 is 1.11 bits per heavy atom. The summed E-state index contributed by atoms with van der Waals surface area (Å²) >= 11 is 11.8. The fraction of sp³-hybridized carbons (Fsp3) is 0.133. The van der Waals surface area contributed by atoms with E-state index in [1.165, 1.54) is 0 Å². The molecule has 0 aromatic heterocycles. The molecule has 0 bridgehead atoms. The average molecular weight is 295 g/mol. The van der Waals surface area contributed by atoms with Crippen LogP contribution in [0.25, 0.3) is 0 Å². The number of Topliss-reactive ketones (excluding diaryl/α,β-unsaturated/α-hetero) is 1. The summed E-state index contributed by atoms with van der Waals surface area (Å²) in [6, 6.07) is 12.0. The first kappa shape index (κ1) is 13.9. The number of ether oxygens (including phenoxy) is 1. The van der Waals surface area contributed by atoms with Crippen LogP contribution in [0.4, 0.5) is 0 Å². The third-order valence-corrected chi connectivity index (χ3v) is 3.01. The molecule has 0 spiro atoms. The van der Waals surface area contributed by atoms with Crippen molar-refractivity contribution in [1.29, 1.82) is 0 Å². The van der Waals surface area contributed by atoms with Crippen molar-refractivity contribution in [1.82, 2.24) is 0 Å². The monoisotopic (exact) mass is 294 g/mol. The van der Waals surface area contributed by atoms with Gasteiger partial charge in [-0.15, -0.1) is 0 Å². The van der Waals surface area contributed by atoms with Gasteiger partial charge >= 0.3 is 0 Å². The maximum atomic E-state index is 11.8. The van der Waals surface area contributed by atoms with Crippen LogP contribution in [-0.4, -0.2) is 5.78 Å². The topological polar surface area (TPSA) is 26.3 Å². The highest BCUT2D eigenvalue weighted by Gasteiger charge is 2.11. The second-order valence-corrected chi connectivity index (χ2v) is 4.85. The molecule has 0 aliphatic carbocycles. The number of carbonyl (C=O) groups excluding carboxylic acids is 1. The Morgan fingerprint density at radius 3 is 2.37 bits per heavy atom. The minimum absolute atomic E-state index is 0.0312. The van der Waals surface area contributed by atoms with E-state index in [1.54, 1.807) is 36.4 Å². The number of para-hydroxylation sites is 1. The van der Waals surface area contributed by atoms with Gasteiger partial charge < -0.3 is 4.74 Å². The van der Waals surface area contributed by atoms with Crippen LogP contribution in [0, 0.1) is 0 Å². The van der Waals surface area contributed by atoms with Crippen molar-refractivity contribution in [2.75, 3.05) is 0 Å². The molecule has 0 radical (unpaired) electrons. The quantitative estimate of drug-likeness (QED) is 0.708. The van der Waals surface area contributed by atoms with Crippen LogP contribution < -0.4 is 4.74 Å². The van der Waals surface area contributed by atoms with Gasteiger partial charge in [-0.1, -0.05) is 42.3 Å². The van der Waals surface area contributed by atoms with Gasteiger partial charge in [0.15, 0.2) is 5.78 Å². The number of benzene rings is 2. The normalized spacial score (nSPS) is 10.3. The molecule has 2 rings (SSSR count). The lowest BCUT2D eigenvalue weighted by molar-refractivity contribution is 0.0986. The molecular formula is C15H12Cl2O2. The Kier molecular flexibility index (Phi) is 4.46. The first-order chi connectivity index (χ1) is 9.10. The molecule has 0 unspecified atom stereocenters. The highest BCUT2D eigenvalue weighted by atomic mass is 35.5. The predicted molar refractivity (Wildman–Crippen MR) is 77.6 cm³/mol. The van der Waals surface area contributed by atoms with E-state index in [2.05, 4.69) is 0 Å². The van der Waals surface area contributed by atoms with Crippen LogP contribution in [-0.2, 0) is 0 Å². The molecule has 0 saturated heterocycles. The molecule has 0 aliphatic heterocycles. The molecule has 2 nitrogen and oxygen atoms in total. The summed E-state index contributed by atoms with van der Waals surface area (Å²) < 4.78 is 5.70. The Balaban J connectivity index is 2.35. The largest absolute Gasteiger partial charge is 0.457 e. The van der Waals surface area contributed by atoms with E-state index >= 15 is 0 Å². The van der Waals surface area contributed by atoms with Crippen molar-refractivity contribution in [2.45, 2.75) is 13.3 Å². The molecule has 0 fully saturated rings. The van der Waals surface area contributed by atoms with Crippen molar-refractivity contribution in [3.63, 3.8) is 0 Å². The van der Waals surface area contributed by atoms with E-state index in [9.17, 15) is 4.79 Å². The highest BCUT2D eigenvalue weighted by Crippen LogP contribution is 2.30. The van der Waals surface area contributed by atoms with E-state index < -0.39 is 0 Å². The Morgan fingerprint density at radius 2 is 1.74 bits per heavy atom. The fourth-order valence-corrected chi connectivity index (χ4v) is 2.20. The van der Waals surface area contributed by atoms with Gasteiger partial charge in [-0.2, -0.15) is 0 Å². The maximum Gasteiger partial charge on any atom is 0.166 e. The van der Waals surface area contributed by atoms with Crippen LogP contribution in [0.1, 0.15) is 23.7 Å². The third-order valence-electron chi connectivity index (χ3n) is 2.57. The van der Waals surface area contributed by atoms with Gasteiger partial charge in [-0.3, -0.25) is 4.79 Å². The second kappa shape index (κ2) is 6.09. The number of hydrogen-bond acceptors (Lipinski definition) is 2. The van der Waals surface area contributed by atoms with Crippen LogP contribution in [0.5, 0.6) is 11.5 Å². The Labute approximate surface area is 121 Å². The van der Waals surface area contributed by atoms with Gasteiger partial charge in [0.25, 0.3) is 0 Å². The summed E-state index contributed by atoms with van der Waals surface area (Å²) in [5.41, 5.74) is 0.557. The van der Waals surface area contributed by atoms with Gasteiger partial charge in [0.2, 0.25) is 0 Å². The summed E-state index contributed by atoms with van der Waals surface area (Å²) in [5.74, 6) is 1.05. The zero-order chi connectivity index (χ0) is 13.8. The van der Waals surface area contributed by atoms with Gasteiger partial charge in [-0.05, 0) is 30.3 Å². The van der Waals surface area contributed by atoms with Crippen LogP contribution >= 0.6 is 23.2 Å². The van der Waals surface area contributed by atoms with Crippen molar-refractivity contribution >= 4 is 29.0 Å². The number of rotatable bonds is 4. The summed E-state index contributed by atoms with van der Waals surface area (Å²) in [6.45, 7) is 1.81. The van der Waals surface area contributed by atoms with E-state index in [4.69, 9.17) is 27.9 Å². The maximum absolute atomic E-state index is 11.8. The molecule has 0 heterocycles. The molecular weight excluding hydrogens is 283 g/mol. The molecule has 0 amide bonds. The zero-order valence-electron chi connectivity index (χ0n) is 10.3. The minimum Gasteiger partial charge on any atom is -0.457 e. The molecule has 0 atom stereocenters. The first-order valence-electron chi connectivity index (χ1n) is 5.86. The molecule has 98 valence electrons. The fourth-order valence-electron chi connectivity index (χ4n) is 1.69. The zero-order valence-corrected chi connectivity index (χ0v) is 11.8. The summed E-state index contributed by atoms with van der Waals surface area (Å²) in [5, 5.41) is 0.976. The first-order valence-corrected chi connectivity index (χ1v) is 6.62. The van der Waals surface area contributed by atoms with Crippen LogP contribution in [0.15, 0.2) is 42.5 Å². The van der Waals surface area contributed by atoms with Gasteiger partial charge in [0.05, 0.1) is 5.56 Å². The lowest BCUT2D eigenvalue weighted by Crippen LogP contribution is -1.99. The van der Waals surface area contributed by atoms with Crippen molar-refractivity contribution in [3.8, 4) is 11.5 Å². The Bertz CT molecular complexity index is 589. The number of ketones is 1. The van der Waals surface area contributed by atoms with Gasteiger partial charge in [-0.25, -0.2) is 0 Å². The SMILES string of the molecule is CCC(=O)c1ccccc1Oc1cc(Cl)cc(Cl)c1. The van der Waals surface area contributed by atoms with Gasteiger partial charge in [0, 0.05) is 16.5 Å². The molecule has 4 heteroatoms. The summed E-state index contributed by atoms with van der Waals surface area (Å²) in [7, 11) is 0. The molecule has 0 N–H and O–H groups in total. The average Bonchev–Trinajstić information content (AvgIpc) is 2.37. The smallest absolute Gasteiger partial charge is 0.166 e. The third kappa shape index (κ3) is 3.49. The molecule has 2 aromatic carbocycles. The second-order valence-electron chi connectivity index (χ2n) is 3.98. The van der Waals surface area contributed by atoms with E-state index in [1.807, 2.05) is 13.0 Å². The van der Waals surface area contributed by atoms with Crippen molar-refractivity contribution in [2.24, 2.45) is 0 Å². The lowest BCUT2D eigenvalue weighted by atomic mass is 10.1. The number of carbonyl (C=O) groups is 1. The number of halogens is 2. The van der Waals surface area contributed by atoms with E-state index in [-0.39, 0.29) is 5.78 Å². The number of hydrogen-bond donors (Lipinski definition) is 0. The van der Waals surface area contributed by atoms with E-state index in [0.29, 0.717) is 33.5 Å². The Hall–Kier alpha value is -1.51. The van der Waals surface area contributed by atoms with Crippen LogP contribution in [0.3, 0.4) is 0 Å². The van der Waals surface area contributed by atoms with Crippen LogP contribution in [0.2, 0.25) is 10.0 Å².